The molecule has 0 aliphatic heterocycles. The Morgan fingerprint density at radius 3 is 2.39 bits per heavy atom. The zero-order valence-electron chi connectivity index (χ0n) is 12.5. The highest BCUT2D eigenvalue weighted by molar-refractivity contribution is 7.88. The first-order chi connectivity index (χ1) is 10.6. The maximum absolute atomic E-state index is 12.8. The second-order valence-corrected chi connectivity index (χ2v) is 6.81. The van der Waals surface area contributed by atoms with Gasteiger partial charge in [-0.1, -0.05) is 0 Å². The minimum absolute atomic E-state index is 0.126. The number of rotatable bonds is 8. The van der Waals surface area contributed by atoms with Crippen LogP contribution in [0.3, 0.4) is 0 Å². The number of nitrogens with zero attached hydrogens (tertiary/aromatic N) is 1. The molecule has 128 valence electrons. The Hall–Kier alpha value is -2.20. The van der Waals surface area contributed by atoms with Gasteiger partial charge in [0.25, 0.3) is 0 Å². The third-order valence-electron chi connectivity index (χ3n) is 2.78. The van der Waals surface area contributed by atoms with Crippen LogP contribution in [-0.2, 0) is 19.6 Å². The van der Waals surface area contributed by atoms with E-state index in [0.717, 1.165) is 22.7 Å². The molecule has 0 heterocycles. The smallest absolute Gasteiger partial charge is 0.346 e. The summed E-state index contributed by atoms with van der Waals surface area (Å²) < 4.78 is 41.1. The second kappa shape index (κ2) is 7.88. The number of amides is 1. The lowest BCUT2D eigenvalue weighted by Crippen LogP contribution is -2.44. The molecule has 1 amide bonds. The van der Waals surface area contributed by atoms with Crippen LogP contribution in [0.15, 0.2) is 24.3 Å². The van der Waals surface area contributed by atoms with Crippen molar-refractivity contribution < 1.29 is 32.2 Å². The SMILES string of the molecule is CN(CC(=O)NCC(Oc1ccc(F)cc1)C(=O)O)S(C)(=O)=O. The van der Waals surface area contributed by atoms with Crippen LogP contribution in [0.25, 0.3) is 0 Å². The van der Waals surface area contributed by atoms with Crippen LogP contribution in [0.5, 0.6) is 5.75 Å². The maximum atomic E-state index is 12.8. The molecule has 10 heteroatoms. The quantitative estimate of drug-likeness (QED) is 0.665. The van der Waals surface area contributed by atoms with E-state index in [0.29, 0.717) is 0 Å². The Morgan fingerprint density at radius 1 is 1.35 bits per heavy atom. The molecular formula is C13H17FN2O6S. The number of carbonyl (C=O) groups is 2. The molecule has 0 aliphatic rings. The first-order valence-corrected chi connectivity index (χ1v) is 8.27. The third-order valence-corrected chi connectivity index (χ3v) is 4.05. The molecule has 0 fully saturated rings. The van der Waals surface area contributed by atoms with Crippen LogP contribution in [0, 0.1) is 5.82 Å². The Labute approximate surface area is 132 Å². The molecule has 0 bridgehead atoms. The van der Waals surface area contributed by atoms with Crippen molar-refractivity contribution in [1.82, 2.24) is 9.62 Å². The summed E-state index contributed by atoms with van der Waals surface area (Å²) in [6.45, 7) is -0.815. The van der Waals surface area contributed by atoms with Crippen molar-refractivity contribution >= 4 is 21.9 Å². The lowest BCUT2D eigenvalue weighted by atomic mass is 10.3. The summed E-state index contributed by atoms with van der Waals surface area (Å²) in [5, 5.41) is 11.3. The van der Waals surface area contributed by atoms with Gasteiger partial charge < -0.3 is 15.2 Å². The van der Waals surface area contributed by atoms with E-state index in [9.17, 15) is 22.4 Å². The summed E-state index contributed by atoms with van der Waals surface area (Å²) in [5.41, 5.74) is 0. The number of hydrogen-bond donors (Lipinski definition) is 2. The van der Waals surface area contributed by atoms with Crippen LogP contribution in [0.2, 0.25) is 0 Å². The Kier molecular flexibility index (Phi) is 6.46. The predicted molar refractivity (Wildman–Crippen MR) is 78.9 cm³/mol. The number of ether oxygens (including phenoxy) is 1. The highest BCUT2D eigenvalue weighted by atomic mass is 32.2. The number of hydrogen-bond acceptors (Lipinski definition) is 5. The average Bonchev–Trinajstić information content (AvgIpc) is 2.44. The molecule has 1 unspecified atom stereocenters. The number of nitrogens with one attached hydrogen (secondary N) is 1. The second-order valence-electron chi connectivity index (χ2n) is 4.72. The largest absolute Gasteiger partial charge is 0.478 e. The minimum atomic E-state index is -3.52. The molecule has 0 saturated carbocycles. The van der Waals surface area contributed by atoms with E-state index in [1.54, 1.807) is 0 Å². The molecule has 1 aromatic carbocycles. The number of sulfonamides is 1. The number of carboxylic acids is 1. The molecule has 1 aromatic rings. The maximum Gasteiger partial charge on any atom is 0.346 e. The molecule has 0 aromatic heterocycles. The molecule has 1 rings (SSSR count). The number of carboxylic acid groups (broad SMARTS) is 1. The lowest BCUT2D eigenvalue weighted by Gasteiger charge is -2.17. The fraction of sp³-hybridized carbons (Fsp3) is 0.385. The van der Waals surface area contributed by atoms with Gasteiger partial charge in [0.1, 0.15) is 11.6 Å². The molecule has 8 nitrogen and oxygen atoms in total. The zero-order chi connectivity index (χ0) is 17.6. The molecular weight excluding hydrogens is 331 g/mol. The van der Waals surface area contributed by atoms with Crippen molar-refractivity contribution in [2.75, 3.05) is 26.4 Å². The van der Waals surface area contributed by atoms with Crippen molar-refractivity contribution in [3.05, 3.63) is 30.1 Å². The van der Waals surface area contributed by atoms with Crippen LogP contribution in [-0.4, -0.2) is 62.2 Å². The predicted octanol–water partition coefficient (Wildman–Crippen LogP) is -0.335. The van der Waals surface area contributed by atoms with Crippen LogP contribution >= 0.6 is 0 Å². The molecule has 0 radical (unpaired) electrons. The zero-order valence-corrected chi connectivity index (χ0v) is 13.3. The van der Waals surface area contributed by atoms with Gasteiger partial charge in [0.05, 0.1) is 19.3 Å². The first-order valence-electron chi connectivity index (χ1n) is 6.42. The highest BCUT2D eigenvalue weighted by Gasteiger charge is 2.22. The Morgan fingerprint density at radius 2 is 1.91 bits per heavy atom. The number of likely N-dealkylation sites (N-methyl/N-ethyl adjacent to an activating group) is 1. The van der Waals surface area contributed by atoms with Gasteiger partial charge in [-0.3, -0.25) is 4.79 Å². The van der Waals surface area contributed by atoms with Crippen molar-refractivity contribution in [3.63, 3.8) is 0 Å². The van der Waals surface area contributed by atoms with Crippen LogP contribution in [0.4, 0.5) is 4.39 Å². The standard InChI is InChI=1S/C13H17FN2O6S/c1-16(23(2,20)21)8-12(17)15-7-11(13(18)19)22-10-5-3-9(14)4-6-10/h3-6,11H,7-8H2,1-2H3,(H,15,17)(H,18,19). The Bertz CT molecular complexity index is 662. The van der Waals surface area contributed by atoms with Gasteiger partial charge in [-0.05, 0) is 24.3 Å². The van der Waals surface area contributed by atoms with E-state index in [-0.39, 0.29) is 12.3 Å². The average molecular weight is 348 g/mol. The van der Waals surface area contributed by atoms with Crippen molar-refractivity contribution in [3.8, 4) is 5.75 Å². The van der Waals surface area contributed by atoms with E-state index >= 15 is 0 Å². The number of benzene rings is 1. The fourth-order valence-electron chi connectivity index (χ4n) is 1.44. The summed E-state index contributed by atoms with van der Waals surface area (Å²) in [5.74, 6) is -2.37. The first kappa shape index (κ1) is 18.8. The number of halogens is 1. The van der Waals surface area contributed by atoms with Crippen LogP contribution < -0.4 is 10.1 Å². The van der Waals surface area contributed by atoms with Crippen molar-refractivity contribution in [2.24, 2.45) is 0 Å². The summed E-state index contributed by atoms with van der Waals surface area (Å²) in [7, 11) is -2.30. The van der Waals surface area contributed by atoms with Gasteiger partial charge in [0.2, 0.25) is 22.0 Å². The minimum Gasteiger partial charge on any atom is -0.478 e. The molecule has 1 atom stereocenters. The van der Waals surface area contributed by atoms with Gasteiger partial charge in [-0.25, -0.2) is 17.6 Å². The van der Waals surface area contributed by atoms with Gasteiger partial charge in [0, 0.05) is 7.05 Å². The van der Waals surface area contributed by atoms with E-state index in [1.165, 1.54) is 19.2 Å². The van der Waals surface area contributed by atoms with Crippen molar-refractivity contribution in [2.45, 2.75) is 6.10 Å². The van der Waals surface area contributed by atoms with Gasteiger partial charge in [-0.2, -0.15) is 4.31 Å². The van der Waals surface area contributed by atoms with Gasteiger partial charge >= 0.3 is 5.97 Å². The molecule has 0 saturated heterocycles. The monoisotopic (exact) mass is 348 g/mol. The van der Waals surface area contributed by atoms with Gasteiger partial charge in [-0.15, -0.1) is 0 Å². The summed E-state index contributed by atoms with van der Waals surface area (Å²) in [4.78, 5) is 22.7. The summed E-state index contributed by atoms with van der Waals surface area (Å²) >= 11 is 0. The number of carbonyl (C=O) groups excluding carboxylic acids is 1. The highest BCUT2D eigenvalue weighted by Crippen LogP contribution is 2.13. The Balaban J connectivity index is 2.58. The normalized spacial score (nSPS) is 12.7. The third kappa shape index (κ3) is 6.61. The molecule has 23 heavy (non-hydrogen) atoms. The van der Waals surface area contributed by atoms with Crippen molar-refractivity contribution in [1.29, 1.82) is 0 Å². The van der Waals surface area contributed by atoms with E-state index in [4.69, 9.17) is 9.84 Å². The van der Waals surface area contributed by atoms with Crippen LogP contribution in [0.1, 0.15) is 0 Å². The molecule has 0 spiro atoms. The number of aliphatic carboxylic acids is 1. The molecule has 0 aliphatic carbocycles. The molecule has 2 N–H and O–H groups in total. The van der Waals surface area contributed by atoms with Gasteiger partial charge in [0.15, 0.2) is 0 Å². The van der Waals surface area contributed by atoms with E-state index in [1.807, 2.05) is 0 Å². The summed E-state index contributed by atoms with van der Waals surface area (Å²) in [6.07, 6.45) is -0.453. The van der Waals surface area contributed by atoms with E-state index < -0.39 is 40.4 Å². The lowest BCUT2D eigenvalue weighted by molar-refractivity contribution is -0.145. The fourth-order valence-corrected chi connectivity index (χ4v) is 1.79. The topological polar surface area (TPSA) is 113 Å². The van der Waals surface area contributed by atoms with E-state index in [2.05, 4.69) is 5.32 Å². The summed E-state index contributed by atoms with van der Waals surface area (Å²) in [6, 6.07) is 4.72.